The van der Waals surface area contributed by atoms with E-state index >= 15 is 0 Å². The van der Waals surface area contributed by atoms with Crippen LogP contribution < -0.4 is 0 Å². The number of benzene rings is 16. The topological polar surface area (TPSA) is 19.7 Å². The number of aromatic nitrogens is 4. The molecule has 0 N–H and O–H groups in total. The van der Waals surface area contributed by atoms with E-state index in [1.54, 1.807) is 0 Å². The van der Waals surface area contributed by atoms with Gasteiger partial charge in [0.05, 0.1) is 44.1 Å². The van der Waals surface area contributed by atoms with Gasteiger partial charge in [0.2, 0.25) is 0 Å². The van der Waals surface area contributed by atoms with Crippen LogP contribution in [0.2, 0.25) is 0 Å². The van der Waals surface area contributed by atoms with Crippen molar-refractivity contribution in [3.8, 4) is 89.5 Å². The Morgan fingerprint density at radius 3 is 0.610 bits per heavy atom. The molecule has 4 nitrogen and oxygen atoms in total. The maximum absolute atomic E-state index is 2.41. The van der Waals surface area contributed by atoms with Gasteiger partial charge in [0.1, 0.15) is 0 Å². The van der Waals surface area contributed by atoms with Crippen LogP contribution in [-0.2, 0) is 0 Å². The van der Waals surface area contributed by atoms with E-state index in [4.69, 9.17) is 0 Å². The number of hydrogen-bond donors (Lipinski definition) is 0. The quantitative estimate of drug-likeness (QED) is 0.130. The Hall–Kier alpha value is -13.3. The van der Waals surface area contributed by atoms with Crippen LogP contribution in [0.4, 0.5) is 0 Å². The molecular weight excluding hydrogens is 1210 g/mol. The van der Waals surface area contributed by atoms with E-state index in [0.29, 0.717) is 0 Å². The first kappa shape index (κ1) is 58.1. The second kappa shape index (κ2) is 24.4. The van der Waals surface area contributed by atoms with E-state index in [9.17, 15) is 0 Å². The van der Waals surface area contributed by atoms with Crippen molar-refractivity contribution in [3.63, 3.8) is 0 Å². The maximum Gasteiger partial charge on any atom is 0.0541 e. The van der Waals surface area contributed by atoms with Gasteiger partial charge < -0.3 is 18.3 Å². The lowest BCUT2D eigenvalue weighted by molar-refractivity contribution is 1.18. The molecule has 0 spiro atoms. The van der Waals surface area contributed by atoms with Crippen molar-refractivity contribution >= 4 is 87.2 Å². The van der Waals surface area contributed by atoms with E-state index in [1.807, 2.05) is 0 Å². The summed E-state index contributed by atoms with van der Waals surface area (Å²) in [5.41, 5.74) is 28.9. The number of hydrogen-bond acceptors (Lipinski definition) is 0. The first-order valence-corrected chi connectivity index (χ1v) is 34.4. The Morgan fingerprint density at radius 2 is 0.300 bits per heavy atom. The zero-order valence-corrected chi connectivity index (χ0v) is 54.7. The second-order valence-electron chi connectivity index (χ2n) is 26.0. The molecule has 16 aromatic carbocycles. The molecule has 468 valence electrons. The Labute approximate surface area is 579 Å². The van der Waals surface area contributed by atoms with Gasteiger partial charge in [0.25, 0.3) is 0 Å². The predicted octanol–water partition coefficient (Wildman–Crippen LogP) is 25.8. The van der Waals surface area contributed by atoms with Crippen LogP contribution >= 0.6 is 0 Å². The first-order chi connectivity index (χ1) is 49.6. The van der Waals surface area contributed by atoms with Crippen LogP contribution in [-0.4, -0.2) is 18.3 Å². The average molecular weight is 1270 g/mol. The highest BCUT2D eigenvalue weighted by Crippen LogP contribution is 2.42. The van der Waals surface area contributed by atoms with Gasteiger partial charge in [-0.1, -0.05) is 267 Å². The fourth-order valence-electron chi connectivity index (χ4n) is 15.5. The van der Waals surface area contributed by atoms with Gasteiger partial charge in [0, 0.05) is 65.8 Å². The van der Waals surface area contributed by atoms with E-state index < -0.39 is 0 Å². The molecule has 0 unspecified atom stereocenters. The number of fused-ring (bicyclic) bond motifs is 12. The summed E-state index contributed by atoms with van der Waals surface area (Å²) in [5.74, 6) is 0. The normalized spacial score (nSPS) is 11.6. The van der Waals surface area contributed by atoms with Gasteiger partial charge >= 0.3 is 0 Å². The zero-order valence-electron chi connectivity index (χ0n) is 54.7. The van der Waals surface area contributed by atoms with Gasteiger partial charge in [-0.2, -0.15) is 0 Å². The Bertz CT molecular complexity index is 6290. The third-order valence-corrected chi connectivity index (χ3v) is 20.2. The van der Waals surface area contributed by atoms with Crippen LogP contribution in [0.3, 0.4) is 0 Å². The number of nitrogens with zero attached hydrogens (tertiary/aromatic N) is 4. The average Bonchev–Trinajstić information content (AvgIpc) is 1.60. The molecule has 100 heavy (non-hydrogen) atoms. The van der Waals surface area contributed by atoms with Gasteiger partial charge in [-0.3, -0.25) is 0 Å². The lowest BCUT2D eigenvalue weighted by Gasteiger charge is -2.11. The molecule has 4 aromatic heterocycles. The smallest absolute Gasteiger partial charge is 0.0541 e. The molecule has 20 rings (SSSR count). The highest BCUT2D eigenvalue weighted by molar-refractivity contribution is 6.15. The van der Waals surface area contributed by atoms with Gasteiger partial charge in [-0.05, 0) is 188 Å². The summed E-state index contributed by atoms with van der Waals surface area (Å²) in [4.78, 5) is 0. The minimum absolute atomic E-state index is 1.16. The summed E-state index contributed by atoms with van der Waals surface area (Å²) in [6, 6.07) is 141. The van der Waals surface area contributed by atoms with E-state index in [2.05, 4.69) is 407 Å². The standard InChI is InChI=1S/2C48H32N2/c1-3-13-33(14-4-1)35-17-11-19-39(29-35)49-45-23-9-7-21-41(45)43-31-37(25-27-47(43)49)38-26-28-48-44(32-38)42-22-8-10-24-46(42)50(48)40-20-12-18-36(30-40)34-15-5-2-6-16-34;1-3-12-33(13-4-1)34-22-24-35(25-23-34)36-14-11-17-40(30-36)50-46-21-10-8-19-42(46)44-32-38(27-29-48(44)50)37-26-28-47-43(31-37)41-18-7-9-20-45(41)49(47)39-15-5-2-6-16-39/h2*1-32H. The zero-order chi connectivity index (χ0) is 66.0. The molecule has 4 heteroatoms. The van der Waals surface area contributed by atoms with Gasteiger partial charge in [0.15, 0.2) is 0 Å². The molecule has 0 aliphatic heterocycles. The Morgan fingerprint density at radius 1 is 0.110 bits per heavy atom. The predicted molar refractivity (Wildman–Crippen MR) is 423 cm³/mol. The van der Waals surface area contributed by atoms with Crippen molar-refractivity contribution in [2.45, 2.75) is 0 Å². The monoisotopic (exact) mass is 1270 g/mol. The molecule has 0 aliphatic rings. The lowest BCUT2D eigenvalue weighted by Crippen LogP contribution is -1.94. The van der Waals surface area contributed by atoms with Crippen molar-refractivity contribution in [1.29, 1.82) is 0 Å². The molecule has 4 heterocycles. The summed E-state index contributed by atoms with van der Waals surface area (Å²) in [7, 11) is 0. The summed E-state index contributed by atoms with van der Waals surface area (Å²) in [5, 5.41) is 10.0. The van der Waals surface area contributed by atoms with Gasteiger partial charge in [-0.15, -0.1) is 0 Å². The van der Waals surface area contributed by atoms with Crippen molar-refractivity contribution in [1.82, 2.24) is 18.3 Å². The molecule has 0 bridgehead atoms. The summed E-state index contributed by atoms with van der Waals surface area (Å²) in [6.07, 6.45) is 0. The number of rotatable bonds is 10. The maximum atomic E-state index is 2.41. The van der Waals surface area contributed by atoms with Crippen molar-refractivity contribution < 1.29 is 0 Å². The Balaban J connectivity index is 0.000000139. The largest absolute Gasteiger partial charge is 0.309 e. The summed E-state index contributed by atoms with van der Waals surface area (Å²) >= 11 is 0. The molecule has 0 aliphatic carbocycles. The molecule has 0 atom stereocenters. The van der Waals surface area contributed by atoms with E-state index in [0.717, 1.165) is 17.1 Å². The van der Waals surface area contributed by atoms with E-state index in [-0.39, 0.29) is 0 Å². The fraction of sp³-hybridized carbons (Fsp3) is 0. The van der Waals surface area contributed by atoms with Crippen molar-refractivity contribution in [2.75, 3.05) is 0 Å². The Kier molecular flexibility index (Phi) is 14.2. The minimum atomic E-state index is 1.16. The van der Waals surface area contributed by atoms with Crippen LogP contribution in [0.5, 0.6) is 0 Å². The summed E-state index contributed by atoms with van der Waals surface area (Å²) < 4.78 is 9.59. The highest BCUT2D eigenvalue weighted by atomic mass is 15.0. The molecular formula is C96H64N4. The van der Waals surface area contributed by atoms with Crippen LogP contribution in [0.1, 0.15) is 0 Å². The fourth-order valence-corrected chi connectivity index (χ4v) is 15.5. The third kappa shape index (κ3) is 10.1. The molecule has 0 radical (unpaired) electrons. The van der Waals surface area contributed by atoms with Crippen LogP contribution in [0.15, 0.2) is 388 Å². The van der Waals surface area contributed by atoms with Crippen LogP contribution in [0.25, 0.3) is 177 Å². The molecule has 0 fully saturated rings. The molecule has 0 saturated carbocycles. The minimum Gasteiger partial charge on any atom is -0.309 e. The van der Waals surface area contributed by atoms with E-state index in [1.165, 1.54) is 160 Å². The summed E-state index contributed by atoms with van der Waals surface area (Å²) in [6.45, 7) is 0. The molecule has 0 amide bonds. The van der Waals surface area contributed by atoms with Crippen molar-refractivity contribution in [2.24, 2.45) is 0 Å². The third-order valence-electron chi connectivity index (χ3n) is 20.2. The SMILES string of the molecule is c1ccc(-c2ccc(-c3cccc(-n4c5ccccc5c5cc(-c6ccc7c(c6)c6ccccc6n7-c6ccccc6)ccc54)c3)cc2)cc1.c1ccc(-c2cccc(-n3c4ccccc4c4cc(-c5ccc6c(c5)c5ccccc5n6-c5cccc(-c6ccccc6)c5)ccc43)c2)cc1. The molecule has 0 saturated heterocycles. The lowest BCUT2D eigenvalue weighted by atomic mass is 10.00. The number of para-hydroxylation sites is 5. The van der Waals surface area contributed by atoms with Crippen LogP contribution in [0, 0.1) is 0 Å². The second-order valence-corrected chi connectivity index (χ2v) is 26.0. The first-order valence-electron chi connectivity index (χ1n) is 34.4. The van der Waals surface area contributed by atoms with Crippen molar-refractivity contribution in [3.05, 3.63) is 388 Å². The van der Waals surface area contributed by atoms with Gasteiger partial charge in [-0.25, -0.2) is 0 Å². The molecule has 20 aromatic rings. The highest BCUT2D eigenvalue weighted by Gasteiger charge is 2.20.